The summed E-state index contributed by atoms with van der Waals surface area (Å²) in [6.07, 6.45) is -59.6. The fourth-order valence-corrected chi connectivity index (χ4v) is 8.43. The molecular weight excluding hydrogens is 928 g/mol. The van der Waals surface area contributed by atoms with Crippen molar-refractivity contribution >= 4 is 0 Å². The van der Waals surface area contributed by atoms with Gasteiger partial charge in [0, 0.05) is 0 Å². The Morgan fingerprint density at radius 2 is 0.478 bits per heavy atom. The van der Waals surface area contributed by atoms with Crippen molar-refractivity contribution in [1.82, 2.24) is 0 Å². The van der Waals surface area contributed by atoms with E-state index in [1.165, 1.54) is 0 Å². The maximum Gasteiger partial charge on any atom is 0.187 e. The Kier molecular flexibility index (Phi) is 19.4. The number of rotatable bonds is 16. The maximum absolute atomic E-state index is 11.7. The number of aliphatic hydroxyl groups excluding tert-OH is 20. The number of hydrogen-bond acceptors (Lipinski definition) is 31. The third-order valence-corrected chi connectivity index (χ3v) is 12.4. The Labute approximate surface area is 378 Å². The zero-order valence-electron chi connectivity index (χ0n) is 35.0. The fraction of sp³-hybridized carbons (Fsp3) is 1.00. The first kappa shape index (κ1) is 55.1. The van der Waals surface area contributed by atoms with E-state index in [9.17, 15) is 102 Å². The lowest BCUT2D eigenvalue weighted by atomic mass is 9.95. The largest absolute Gasteiger partial charge is 0.394 e. The molecular formula is C36H62O31. The molecule has 6 aliphatic rings. The summed E-state index contributed by atoms with van der Waals surface area (Å²) in [6.45, 7) is -5.83. The molecule has 6 fully saturated rings. The van der Waals surface area contributed by atoms with E-state index in [1.807, 2.05) is 0 Å². The van der Waals surface area contributed by atoms with Crippen LogP contribution in [0.4, 0.5) is 0 Å². The highest BCUT2D eigenvalue weighted by atomic mass is 16.8. The van der Waals surface area contributed by atoms with Crippen molar-refractivity contribution in [3.63, 3.8) is 0 Å². The van der Waals surface area contributed by atoms with Gasteiger partial charge >= 0.3 is 0 Å². The van der Waals surface area contributed by atoms with E-state index < -0.39 is 224 Å². The van der Waals surface area contributed by atoms with Crippen LogP contribution in [0.25, 0.3) is 0 Å². The highest BCUT2D eigenvalue weighted by Gasteiger charge is 2.58. The SMILES string of the molecule is OC[C@H]1O[C@H](O[C@@H]2[C@@H](O[C@@H]3[C@@H](O[C@@H]4[C@H](O)[C@@H](O[C@@H]5[C@@H](O[C@@H]6C(O)O[C@H](CO)[C@@H](O)[C@@H]6O)O[C@H](CO)[C@@H](O)[C@@H]5O)O[C@H](CO)[C@H]4O)O[C@H](CO)[C@@H](O)[C@@H]3O)O[C@H](CO)[C@@H](O)[C@@H]2O)[C@@H](O)[C@@H](O)[C@@H]1O. The zero-order valence-corrected chi connectivity index (χ0v) is 35.0. The molecule has 20 N–H and O–H groups in total. The lowest BCUT2D eigenvalue weighted by Gasteiger charge is -2.50. The minimum absolute atomic E-state index is 0.853. The second kappa shape index (κ2) is 23.5. The number of hydrogen-bond donors (Lipinski definition) is 20. The third kappa shape index (κ3) is 11.2. The van der Waals surface area contributed by atoms with Crippen molar-refractivity contribution in [3.8, 4) is 0 Å². The summed E-state index contributed by atoms with van der Waals surface area (Å²) >= 11 is 0. The first-order valence-corrected chi connectivity index (χ1v) is 21.1. The topological polar surface area (TPSA) is 506 Å². The molecule has 0 saturated carbocycles. The molecule has 0 aromatic carbocycles. The van der Waals surface area contributed by atoms with Gasteiger partial charge in [0.25, 0.3) is 0 Å². The molecule has 31 heteroatoms. The summed E-state index contributed by atoms with van der Waals surface area (Å²) < 4.78 is 61.7. The summed E-state index contributed by atoms with van der Waals surface area (Å²) in [5.41, 5.74) is 0. The highest BCUT2D eigenvalue weighted by Crippen LogP contribution is 2.37. The quantitative estimate of drug-likeness (QED) is 0.0683. The molecule has 0 aromatic heterocycles. The van der Waals surface area contributed by atoms with Crippen molar-refractivity contribution in [1.29, 1.82) is 0 Å². The molecule has 0 spiro atoms. The molecule has 6 saturated heterocycles. The van der Waals surface area contributed by atoms with E-state index in [2.05, 4.69) is 0 Å². The lowest BCUT2D eigenvalue weighted by Crippen LogP contribution is -2.69. The standard InChI is InChI=1S/C36H62O31/c37-1-7-14(44)20(50)27(31(56)57-7)64-35-28(21(51)15(45)10(4-40)61-35)66-33-25(55)26(18(48)12(6-42)59-33)63-34-30(23(53)17(47)9(3-39)60-34)67-36-29(22(52)16(46)11(5-41)62-36)65-32-24(54)19(49)13(43)8(2-38)58-32/h7-56H,1-6H2/t7-,8-,9-,10-,11-,12-,13-,14-,15-,16-,17-,18-,19+,20+,21+,22+,23+,24+,25+,26+,27+,28+,29+,30+,31?,32-,33-,34-,35-,36-/m1/s1. The normalized spacial score (nSPS) is 53.4. The predicted molar refractivity (Wildman–Crippen MR) is 199 cm³/mol. The monoisotopic (exact) mass is 990 g/mol. The highest BCUT2D eigenvalue weighted by molar-refractivity contribution is 5.00. The Bertz CT molecular complexity index is 1510. The first-order chi connectivity index (χ1) is 31.8. The summed E-state index contributed by atoms with van der Waals surface area (Å²) in [5, 5.41) is 211. The predicted octanol–water partition coefficient (Wildman–Crippen LogP) is -14.1. The van der Waals surface area contributed by atoms with E-state index in [4.69, 9.17) is 52.1 Å². The van der Waals surface area contributed by atoms with Gasteiger partial charge in [-0.2, -0.15) is 0 Å². The minimum Gasteiger partial charge on any atom is -0.394 e. The molecule has 0 radical (unpaired) electrons. The van der Waals surface area contributed by atoms with Gasteiger partial charge in [-0.05, 0) is 0 Å². The van der Waals surface area contributed by atoms with Crippen LogP contribution in [0.2, 0.25) is 0 Å². The van der Waals surface area contributed by atoms with E-state index >= 15 is 0 Å². The second-order valence-electron chi connectivity index (χ2n) is 16.8. The van der Waals surface area contributed by atoms with E-state index in [0.717, 1.165) is 0 Å². The Morgan fingerprint density at radius 1 is 0.224 bits per heavy atom. The Morgan fingerprint density at radius 3 is 0.851 bits per heavy atom. The van der Waals surface area contributed by atoms with Gasteiger partial charge in [0.05, 0.1) is 39.6 Å². The fourth-order valence-electron chi connectivity index (χ4n) is 8.43. The Balaban J connectivity index is 1.27. The first-order valence-electron chi connectivity index (χ1n) is 21.1. The number of aliphatic hydroxyl groups is 20. The van der Waals surface area contributed by atoms with Crippen LogP contribution in [-0.4, -0.2) is 326 Å². The minimum atomic E-state index is -2.32. The van der Waals surface area contributed by atoms with Crippen molar-refractivity contribution in [2.45, 2.75) is 184 Å². The van der Waals surface area contributed by atoms with Gasteiger partial charge in [-0.3, -0.25) is 0 Å². The smallest absolute Gasteiger partial charge is 0.187 e. The summed E-state index contributed by atoms with van der Waals surface area (Å²) in [7, 11) is 0. The molecule has 0 amide bonds. The summed E-state index contributed by atoms with van der Waals surface area (Å²) in [4.78, 5) is 0. The van der Waals surface area contributed by atoms with Crippen LogP contribution >= 0.6 is 0 Å². The van der Waals surface area contributed by atoms with Crippen LogP contribution in [0.15, 0.2) is 0 Å². The van der Waals surface area contributed by atoms with Crippen LogP contribution < -0.4 is 0 Å². The summed E-state index contributed by atoms with van der Waals surface area (Å²) in [6, 6.07) is 0. The van der Waals surface area contributed by atoms with Gasteiger partial charge < -0.3 is 154 Å². The van der Waals surface area contributed by atoms with Crippen molar-refractivity contribution < 1.29 is 154 Å². The van der Waals surface area contributed by atoms with Gasteiger partial charge in [0.2, 0.25) is 0 Å². The van der Waals surface area contributed by atoms with Crippen molar-refractivity contribution in [3.05, 3.63) is 0 Å². The second-order valence-corrected chi connectivity index (χ2v) is 16.8. The maximum atomic E-state index is 11.7. The lowest BCUT2D eigenvalue weighted by molar-refractivity contribution is -0.411. The molecule has 6 aliphatic heterocycles. The van der Waals surface area contributed by atoms with Crippen LogP contribution in [0.1, 0.15) is 0 Å². The van der Waals surface area contributed by atoms with Gasteiger partial charge in [-0.1, -0.05) is 0 Å². The molecule has 31 nitrogen and oxygen atoms in total. The zero-order chi connectivity index (χ0) is 49.3. The molecule has 30 atom stereocenters. The number of ether oxygens (including phenoxy) is 11. The van der Waals surface area contributed by atoms with Crippen LogP contribution in [0.5, 0.6) is 0 Å². The third-order valence-electron chi connectivity index (χ3n) is 12.4. The Hall–Kier alpha value is -1.24. The van der Waals surface area contributed by atoms with Crippen molar-refractivity contribution in [2.24, 2.45) is 0 Å². The molecule has 6 rings (SSSR count). The molecule has 0 aliphatic carbocycles. The van der Waals surface area contributed by atoms with Gasteiger partial charge in [0.15, 0.2) is 37.7 Å². The molecule has 0 bridgehead atoms. The van der Waals surface area contributed by atoms with Gasteiger partial charge in [-0.25, -0.2) is 0 Å². The van der Waals surface area contributed by atoms with E-state index in [0.29, 0.717) is 0 Å². The van der Waals surface area contributed by atoms with E-state index in [-0.39, 0.29) is 0 Å². The van der Waals surface area contributed by atoms with Crippen molar-refractivity contribution in [2.75, 3.05) is 39.6 Å². The van der Waals surface area contributed by atoms with Gasteiger partial charge in [-0.15, -0.1) is 0 Å². The molecule has 1 unspecified atom stereocenters. The average molecular weight is 991 g/mol. The van der Waals surface area contributed by atoms with Crippen LogP contribution in [0, 0.1) is 0 Å². The molecule has 67 heavy (non-hydrogen) atoms. The molecule has 392 valence electrons. The molecule has 6 heterocycles. The van der Waals surface area contributed by atoms with Crippen LogP contribution in [-0.2, 0) is 52.1 Å². The van der Waals surface area contributed by atoms with Gasteiger partial charge in [0.1, 0.15) is 146 Å². The van der Waals surface area contributed by atoms with Crippen LogP contribution in [0.3, 0.4) is 0 Å². The molecule has 0 aromatic rings. The summed E-state index contributed by atoms with van der Waals surface area (Å²) in [5.74, 6) is 0. The average Bonchev–Trinajstić information content (AvgIpc) is 3.31. The van der Waals surface area contributed by atoms with E-state index in [1.54, 1.807) is 0 Å².